The van der Waals surface area contributed by atoms with Crippen molar-refractivity contribution < 1.29 is 0 Å². The molecule has 96 valence electrons. The maximum Gasteiger partial charge on any atom is 0.274 e. The summed E-state index contributed by atoms with van der Waals surface area (Å²) in [6.45, 7) is 1.02. The SMILES string of the molecule is Nc1ccn(CCn2ncc3ccccc3c2=O)n1. The van der Waals surface area contributed by atoms with Gasteiger partial charge in [0.1, 0.15) is 5.82 Å². The van der Waals surface area contributed by atoms with Gasteiger partial charge in [-0.1, -0.05) is 18.2 Å². The van der Waals surface area contributed by atoms with Crippen LogP contribution in [0.2, 0.25) is 0 Å². The average Bonchev–Trinajstić information content (AvgIpc) is 2.84. The average molecular weight is 255 g/mol. The quantitative estimate of drug-likeness (QED) is 0.753. The first kappa shape index (κ1) is 11.5. The fourth-order valence-corrected chi connectivity index (χ4v) is 1.99. The zero-order valence-corrected chi connectivity index (χ0v) is 10.2. The van der Waals surface area contributed by atoms with Crippen LogP contribution >= 0.6 is 0 Å². The van der Waals surface area contributed by atoms with Crippen LogP contribution in [0.5, 0.6) is 0 Å². The number of aromatic nitrogens is 4. The third-order valence-corrected chi connectivity index (χ3v) is 2.96. The van der Waals surface area contributed by atoms with Gasteiger partial charge in [0.25, 0.3) is 5.56 Å². The number of nitrogens with zero attached hydrogens (tertiary/aromatic N) is 4. The number of anilines is 1. The monoisotopic (exact) mass is 255 g/mol. The number of fused-ring (bicyclic) bond motifs is 1. The van der Waals surface area contributed by atoms with Gasteiger partial charge in [0.05, 0.1) is 24.7 Å². The summed E-state index contributed by atoms with van der Waals surface area (Å²) in [4.78, 5) is 12.2. The van der Waals surface area contributed by atoms with Crippen molar-refractivity contribution in [3.8, 4) is 0 Å². The molecule has 2 aromatic heterocycles. The van der Waals surface area contributed by atoms with Gasteiger partial charge >= 0.3 is 0 Å². The largest absolute Gasteiger partial charge is 0.382 e. The Bertz CT molecular complexity index is 774. The molecule has 3 rings (SSSR count). The number of aryl methyl sites for hydroxylation is 2. The molecule has 2 heterocycles. The second-order valence-corrected chi connectivity index (χ2v) is 4.26. The van der Waals surface area contributed by atoms with E-state index in [9.17, 15) is 4.79 Å². The highest BCUT2D eigenvalue weighted by atomic mass is 16.1. The molecule has 19 heavy (non-hydrogen) atoms. The van der Waals surface area contributed by atoms with E-state index >= 15 is 0 Å². The van der Waals surface area contributed by atoms with Crippen LogP contribution in [-0.4, -0.2) is 19.6 Å². The van der Waals surface area contributed by atoms with Crippen LogP contribution in [0.4, 0.5) is 5.82 Å². The number of hydrogen-bond acceptors (Lipinski definition) is 4. The van der Waals surface area contributed by atoms with E-state index in [4.69, 9.17) is 5.73 Å². The number of benzene rings is 1. The molecule has 0 amide bonds. The van der Waals surface area contributed by atoms with E-state index in [1.807, 2.05) is 24.3 Å². The van der Waals surface area contributed by atoms with E-state index in [1.54, 1.807) is 23.1 Å². The number of hydrogen-bond donors (Lipinski definition) is 1. The van der Waals surface area contributed by atoms with Gasteiger partial charge < -0.3 is 5.73 Å². The van der Waals surface area contributed by atoms with Gasteiger partial charge in [-0.15, -0.1) is 0 Å². The first-order valence-electron chi connectivity index (χ1n) is 5.98. The molecule has 6 heteroatoms. The molecule has 0 saturated carbocycles. The lowest BCUT2D eigenvalue weighted by atomic mass is 10.2. The normalized spacial score (nSPS) is 10.9. The van der Waals surface area contributed by atoms with Crippen LogP contribution < -0.4 is 11.3 Å². The zero-order valence-electron chi connectivity index (χ0n) is 10.2. The van der Waals surface area contributed by atoms with Crippen molar-refractivity contribution in [2.75, 3.05) is 5.73 Å². The molecule has 0 aliphatic carbocycles. The molecule has 0 radical (unpaired) electrons. The topological polar surface area (TPSA) is 78.7 Å². The zero-order chi connectivity index (χ0) is 13.2. The lowest BCUT2D eigenvalue weighted by Gasteiger charge is -2.06. The molecule has 0 fully saturated rings. The Kier molecular flexibility index (Phi) is 2.75. The molecule has 3 aromatic rings. The Morgan fingerprint density at radius 3 is 2.79 bits per heavy atom. The summed E-state index contributed by atoms with van der Waals surface area (Å²) in [6, 6.07) is 9.14. The highest BCUT2D eigenvalue weighted by Crippen LogP contribution is 2.06. The second kappa shape index (κ2) is 4.56. The highest BCUT2D eigenvalue weighted by molar-refractivity contribution is 5.80. The van der Waals surface area contributed by atoms with E-state index in [0.29, 0.717) is 24.3 Å². The maximum absolute atomic E-state index is 12.2. The van der Waals surface area contributed by atoms with E-state index < -0.39 is 0 Å². The van der Waals surface area contributed by atoms with Crippen LogP contribution in [0.1, 0.15) is 0 Å². The van der Waals surface area contributed by atoms with Crippen LogP contribution in [-0.2, 0) is 13.1 Å². The van der Waals surface area contributed by atoms with Crippen molar-refractivity contribution in [1.82, 2.24) is 19.6 Å². The molecule has 1 aromatic carbocycles. The van der Waals surface area contributed by atoms with Gasteiger partial charge in [-0.2, -0.15) is 10.2 Å². The predicted molar refractivity (Wildman–Crippen MR) is 72.6 cm³/mol. The summed E-state index contributed by atoms with van der Waals surface area (Å²) in [5.41, 5.74) is 5.45. The van der Waals surface area contributed by atoms with Gasteiger partial charge in [-0.05, 0) is 12.1 Å². The standard InChI is InChI=1S/C13H13N5O/c14-12-5-6-17(16-12)7-8-18-13(19)11-4-2-1-3-10(11)9-15-18/h1-6,9H,7-8H2,(H2,14,16). The Labute approximate surface area is 109 Å². The minimum Gasteiger partial charge on any atom is -0.382 e. The van der Waals surface area contributed by atoms with Crippen molar-refractivity contribution in [2.45, 2.75) is 13.1 Å². The summed E-state index contributed by atoms with van der Waals surface area (Å²) in [7, 11) is 0. The first-order valence-corrected chi connectivity index (χ1v) is 5.98. The fourth-order valence-electron chi connectivity index (χ4n) is 1.99. The summed E-state index contributed by atoms with van der Waals surface area (Å²) in [5.74, 6) is 0.471. The van der Waals surface area contributed by atoms with Crippen molar-refractivity contribution in [3.63, 3.8) is 0 Å². The maximum atomic E-state index is 12.2. The Balaban J connectivity index is 1.89. The van der Waals surface area contributed by atoms with Gasteiger partial charge in [-0.25, -0.2) is 4.68 Å². The van der Waals surface area contributed by atoms with Gasteiger partial charge in [0.15, 0.2) is 0 Å². The Hall–Kier alpha value is -2.63. The molecule has 2 N–H and O–H groups in total. The molecule has 0 bridgehead atoms. The molecule has 6 nitrogen and oxygen atoms in total. The summed E-state index contributed by atoms with van der Waals surface area (Å²) in [5, 5.41) is 9.76. The fraction of sp³-hybridized carbons (Fsp3) is 0.154. The Morgan fingerprint density at radius 1 is 1.16 bits per heavy atom. The second-order valence-electron chi connectivity index (χ2n) is 4.26. The molecule has 0 aliphatic heterocycles. The molecular formula is C13H13N5O. The van der Waals surface area contributed by atoms with Crippen molar-refractivity contribution in [3.05, 3.63) is 53.1 Å². The predicted octanol–water partition coefficient (Wildman–Crippen LogP) is 0.875. The van der Waals surface area contributed by atoms with Gasteiger partial charge in [-0.3, -0.25) is 9.48 Å². The van der Waals surface area contributed by atoms with Crippen LogP contribution in [0.15, 0.2) is 47.5 Å². The van der Waals surface area contributed by atoms with Crippen LogP contribution in [0, 0.1) is 0 Å². The van der Waals surface area contributed by atoms with Crippen LogP contribution in [0.3, 0.4) is 0 Å². The molecule has 0 atom stereocenters. The number of rotatable bonds is 3. The lowest BCUT2D eigenvalue weighted by molar-refractivity contribution is 0.486. The number of nitrogen functional groups attached to an aromatic ring is 1. The molecule has 0 aliphatic rings. The first-order chi connectivity index (χ1) is 9.24. The van der Waals surface area contributed by atoms with Gasteiger partial charge in [0, 0.05) is 11.6 Å². The lowest BCUT2D eigenvalue weighted by Crippen LogP contribution is -2.25. The smallest absolute Gasteiger partial charge is 0.274 e. The summed E-state index contributed by atoms with van der Waals surface area (Å²) < 4.78 is 3.14. The van der Waals surface area contributed by atoms with Crippen molar-refractivity contribution in [1.29, 1.82) is 0 Å². The van der Waals surface area contributed by atoms with Crippen molar-refractivity contribution in [2.24, 2.45) is 0 Å². The van der Waals surface area contributed by atoms with E-state index in [2.05, 4.69) is 10.2 Å². The minimum absolute atomic E-state index is 0.0850. The van der Waals surface area contributed by atoms with E-state index in [0.717, 1.165) is 5.39 Å². The van der Waals surface area contributed by atoms with E-state index in [-0.39, 0.29) is 5.56 Å². The number of nitrogens with two attached hydrogens (primary N) is 1. The van der Waals surface area contributed by atoms with Crippen molar-refractivity contribution >= 4 is 16.6 Å². The van der Waals surface area contributed by atoms with Gasteiger partial charge in [0.2, 0.25) is 0 Å². The van der Waals surface area contributed by atoms with Crippen LogP contribution in [0.25, 0.3) is 10.8 Å². The highest BCUT2D eigenvalue weighted by Gasteiger charge is 2.03. The summed E-state index contributed by atoms with van der Waals surface area (Å²) >= 11 is 0. The molecule has 0 spiro atoms. The van der Waals surface area contributed by atoms with E-state index in [1.165, 1.54) is 4.68 Å². The third-order valence-electron chi connectivity index (χ3n) is 2.96. The third kappa shape index (κ3) is 2.20. The minimum atomic E-state index is -0.0850. The molecule has 0 unspecified atom stereocenters. The summed E-state index contributed by atoms with van der Waals surface area (Å²) in [6.07, 6.45) is 3.48. The molecule has 0 saturated heterocycles. The Morgan fingerprint density at radius 2 is 2.00 bits per heavy atom. The molecular weight excluding hydrogens is 242 g/mol.